The number of carbonyl (C=O) groups is 2. The van der Waals surface area contributed by atoms with Crippen molar-refractivity contribution in [3.05, 3.63) is 29.8 Å². The van der Waals surface area contributed by atoms with E-state index in [1.807, 2.05) is 20.8 Å². The Morgan fingerprint density at radius 3 is 2.19 bits per heavy atom. The Morgan fingerprint density at radius 1 is 1.11 bits per heavy atom. The monoisotopic (exact) mass is 380 g/mol. The van der Waals surface area contributed by atoms with E-state index in [0.29, 0.717) is 31.0 Å². The van der Waals surface area contributed by atoms with Crippen molar-refractivity contribution in [1.29, 1.82) is 0 Å². The van der Waals surface area contributed by atoms with Gasteiger partial charge in [-0.15, -0.1) is 0 Å². The highest BCUT2D eigenvalue weighted by molar-refractivity contribution is 5.89. The fourth-order valence-electron chi connectivity index (χ4n) is 3.08. The normalized spacial score (nSPS) is 17.2. The minimum atomic E-state index is -0.823. The number of rotatable bonds is 6. The molecule has 1 atom stereocenters. The lowest BCUT2D eigenvalue weighted by molar-refractivity contribution is -0.916. The molecule has 1 aliphatic rings. The van der Waals surface area contributed by atoms with Gasteiger partial charge in [0.05, 0.1) is 25.3 Å². The highest BCUT2D eigenvalue weighted by Gasteiger charge is 2.52. The number of esters is 1. The summed E-state index contributed by atoms with van der Waals surface area (Å²) in [5, 5.41) is 0. The van der Waals surface area contributed by atoms with Crippen molar-refractivity contribution >= 4 is 12.1 Å². The number of hydrogen-bond donors (Lipinski definition) is 0. The van der Waals surface area contributed by atoms with Crippen LogP contribution in [0.2, 0.25) is 0 Å². The molecule has 1 aromatic rings. The molecule has 0 aromatic heterocycles. The third-order valence-electron chi connectivity index (χ3n) is 4.33. The van der Waals surface area contributed by atoms with Crippen LogP contribution in [0.15, 0.2) is 24.3 Å². The van der Waals surface area contributed by atoms with E-state index in [4.69, 9.17) is 18.9 Å². The molecule has 0 aliphatic carbocycles. The molecule has 0 spiro atoms. The van der Waals surface area contributed by atoms with Crippen molar-refractivity contribution in [3.63, 3.8) is 0 Å². The van der Waals surface area contributed by atoms with E-state index >= 15 is 0 Å². The van der Waals surface area contributed by atoms with Crippen molar-refractivity contribution in [2.24, 2.45) is 0 Å². The first-order chi connectivity index (χ1) is 12.7. The number of hydrogen-bond acceptors (Lipinski definition) is 6. The molecule has 0 saturated carbocycles. The molecule has 7 heteroatoms. The number of ether oxygens (including phenoxy) is 4. The Morgan fingerprint density at radius 2 is 1.70 bits per heavy atom. The number of nitrogens with zero attached hydrogens (tertiary/aromatic N) is 1. The first-order valence-electron chi connectivity index (χ1n) is 9.29. The lowest BCUT2D eigenvalue weighted by Gasteiger charge is -2.36. The van der Waals surface area contributed by atoms with Gasteiger partial charge in [0, 0.05) is 20.0 Å². The number of carbonyl (C=O) groups excluding carboxylic acids is 2. The van der Waals surface area contributed by atoms with Crippen molar-refractivity contribution in [2.75, 3.05) is 26.8 Å². The minimum Gasteiger partial charge on any atom is -0.462 e. The molecular formula is C20H30NO6+. The smallest absolute Gasteiger partial charge is 0.462 e. The molecular weight excluding hydrogens is 350 g/mol. The summed E-state index contributed by atoms with van der Waals surface area (Å²) >= 11 is 0. The summed E-state index contributed by atoms with van der Waals surface area (Å²) in [6.45, 7) is 8.78. The Kier molecular flexibility index (Phi) is 6.84. The number of methoxy groups -OCH3 is 1. The van der Waals surface area contributed by atoms with E-state index in [-0.39, 0.29) is 16.5 Å². The van der Waals surface area contributed by atoms with E-state index < -0.39 is 12.0 Å². The summed E-state index contributed by atoms with van der Waals surface area (Å²) in [4.78, 5) is 24.7. The molecule has 1 heterocycles. The van der Waals surface area contributed by atoms with Gasteiger partial charge in [-0.2, -0.15) is 9.28 Å². The molecule has 1 amide bonds. The molecule has 7 nitrogen and oxygen atoms in total. The third kappa shape index (κ3) is 5.20. The fourth-order valence-corrected chi connectivity index (χ4v) is 3.08. The zero-order valence-corrected chi connectivity index (χ0v) is 16.8. The molecule has 1 fully saturated rings. The maximum absolute atomic E-state index is 12.9. The summed E-state index contributed by atoms with van der Waals surface area (Å²) in [5.41, 5.74) is -0.153. The van der Waals surface area contributed by atoms with Crippen molar-refractivity contribution in [3.8, 4) is 5.75 Å². The van der Waals surface area contributed by atoms with Crippen LogP contribution in [-0.2, 0) is 14.2 Å². The summed E-state index contributed by atoms with van der Waals surface area (Å²) in [7, 11) is 1.51. The summed E-state index contributed by atoms with van der Waals surface area (Å²) in [5.74, 6) is 0.118. The maximum atomic E-state index is 12.9. The molecule has 27 heavy (non-hydrogen) atoms. The highest BCUT2D eigenvalue weighted by atomic mass is 16.7. The van der Waals surface area contributed by atoms with Crippen molar-refractivity contribution < 1.29 is 33.0 Å². The average Bonchev–Trinajstić information content (AvgIpc) is 3.10. The molecule has 1 aromatic carbocycles. The van der Waals surface area contributed by atoms with Crippen LogP contribution in [0.1, 0.15) is 50.9 Å². The molecule has 150 valence electrons. The van der Waals surface area contributed by atoms with Gasteiger partial charge in [0.25, 0.3) is 0 Å². The van der Waals surface area contributed by atoms with Crippen LogP contribution in [0, 0.1) is 0 Å². The van der Waals surface area contributed by atoms with Gasteiger partial charge in [-0.3, -0.25) is 4.74 Å². The van der Waals surface area contributed by atoms with Gasteiger partial charge in [-0.05, 0) is 52.0 Å². The molecule has 2 rings (SSSR count). The SMILES string of the molecule is CCOC(=O)c1ccc(OC(OC)[N+]2(C(=O)OC(C)(C)C)CCCC2)cc1. The standard InChI is InChI=1S/C20H30NO6/c1-6-25-17(22)15-9-11-16(12-10-15)26-19(24-5)21(13-7-8-14-21)18(23)27-20(2,3)4/h9-12,19H,6-8,13-14H2,1-5H3/q+1. The largest absolute Gasteiger partial charge is 0.521 e. The maximum Gasteiger partial charge on any atom is 0.521 e. The summed E-state index contributed by atoms with van der Waals surface area (Å²) < 4.78 is 22.1. The average molecular weight is 380 g/mol. The second-order valence-corrected chi connectivity index (χ2v) is 7.57. The number of amides is 1. The molecule has 0 N–H and O–H groups in total. The number of quaternary nitrogens is 1. The van der Waals surface area contributed by atoms with E-state index in [0.717, 1.165) is 12.8 Å². The first-order valence-corrected chi connectivity index (χ1v) is 9.29. The Balaban J connectivity index is 2.18. The van der Waals surface area contributed by atoms with Crippen LogP contribution in [0.5, 0.6) is 5.75 Å². The molecule has 0 radical (unpaired) electrons. The van der Waals surface area contributed by atoms with Gasteiger partial charge in [0.2, 0.25) is 0 Å². The topological polar surface area (TPSA) is 71.1 Å². The van der Waals surface area contributed by atoms with Crippen LogP contribution < -0.4 is 4.74 Å². The van der Waals surface area contributed by atoms with Gasteiger partial charge >= 0.3 is 18.5 Å². The summed E-state index contributed by atoms with van der Waals surface area (Å²) in [6.07, 6.45) is 0.611. The Hall–Kier alpha value is -2.12. The Bertz CT molecular complexity index is 643. The molecule has 1 saturated heterocycles. The molecule has 1 unspecified atom stereocenters. The van der Waals surface area contributed by atoms with E-state index in [1.54, 1.807) is 31.2 Å². The van der Waals surface area contributed by atoms with Crippen LogP contribution in [0.25, 0.3) is 0 Å². The van der Waals surface area contributed by atoms with Crippen molar-refractivity contribution in [2.45, 2.75) is 52.6 Å². The quantitative estimate of drug-likeness (QED) is 0.426. The molecule has 1 aliphatic heterocycles. The van der Waals surface area contributed by atoms with Gasteiger partial charge < -0.3 is 14.2 Å². The highest BCUT2D eigenvalue weighted by Crippen LogP contribution is 2.30. The lowest BCUT2D eigenvalue weighted by atomic mass is 10.2. The zero-order chi connectivity index (χ0) is 20.1. The lowest BCUT2D eigenvalue weighted by Crippen LogP contribution is -2.61. The van der Waals surface area contributed by atoms with Crippen LogP contribution >= 0.6 is 0 Å². The second kappa shape index (κ2) is 8.71. The summed E-state index contributed by atoms with van der Waals surface area (Å²) in [6, 6.07) is 6.59. The van der Waals surface area contributed by atoms with Crippen LogP contribution in [0.4, 0.5) is 4.79 Å². The Labute approximate surface area is 160 Å². The van der Waals surface area contributed by atoms with Gasteiger partial charge in [-0.25, -0.2) is 4.79 Å². The zero-order valence-electron chi connectivity index (χ0n) is 16.8. The fraction of sp³-hybridized carbons (Fsp3) is 0.600. The van der Waals surface area contributed by atoms with E-state index in [2.05, 4.69) is 0 Å². The van der Waals surface area contributed by atoms with Gasteiger partial charge in [0.15, 0.2) is 0 Å². The third-order valence-corrected chi connectivity index (χ3v) is 4.33. The van der Waals surface area contributed by atoms with E-state index in [9.17, 15) is 9.59 Å². The van der Waals surface area contributed by atoms with E-state index in [1.165, 1.54) is 7.11 Å². The predicted molar refractivity (Wildman–Crippen MR) is 99.3 cm³/mol. The minimum absolute atomic E-state index is 0.0343. The van der Waals surface area contributed by atoms with Crippen molar-refractivity contribution in [1.82, 2.24) is 0 Å². The number of benzene rings is 1. The molecule has 0 bridgehead atoms. The van der Waals surface area contributed by atoms with Gasteiger partial charge in [0.1, 0.15) is 11.4 Å². The first kappa shape index (κ1) is 21.2. The number of likely N-dealkylation sites (tertiary alicyclic amines) is 1. The van der Waals surface area contributed by atoms with Gasteiger partial charge in [-0.1, -0.05) is 0 Å². The van der Waals surface area contributed by atoms with Crippen LogP contribution in [0.3, 0.4) is 0 Å². The van der Waals surface area contributed by atoms with Crippen LogP contribution in [-0.4, -0.2) is 55.4 Å². The predicted octanol–water partition coefficient (Wildman–Crippen LogP) is 3.72. The second-order valence-electron chi connectivity index (χ2n) is 7.57.